The maximum Gasteiger partial charge on any atom is 0.0993 e. The molecule has 0 saturated heterocycles. The molecule has 0 aliphatic heterocycles. The molecule has 0 fully saturated rings. The Labute approximate surface area is 94.2 Å². The highest BCUT2D eigenvalue weighted by Gasteiger charge is 2.00. The van der Waals surface area contributed by atoms with Crippen LogP contribution < -0.4 is 5.32 Å². The van der Waals surface area contributed by atoms with Gasteiger partial charge >= 0.3 is 0 Å². The van der Waals surface area contributed by atoms with Crippen LogP contribution in [0.5, 0.6) is 0 Å². The number of methoxy groups -OCH3 is 1. The lowest BCUT2D eigenvalue weighted by Gasteiger charge is -2.08. The summed E-state index contributed by atoms with van der Waals surface area (Å²) >= 11 is 0. The van der Waals surface area contributed by atoms with Gasteiger partial charge < -0.3 is 10.1 Å². The Balaban J connectivity index is 0.00000225. The number of allylic oxidation sites excluding steroid dienone is 4. The highest BCUT2D eigenvalue weighted by molar-refractivity contribution is 5.28. The molecule has 0 aromatic carbocycles. The topological polar surface area (TPSA) is 21.3 Å². The molecule has 0 bridgehead atoms. The second-order valence-corrected chi connectivity index (χ2v) is 4.04. The van der Waals surface area contributed by atoms with Gasteiger partial charge in [-0.15, -0.1) is 0 Å². The van der Waals surface area contributed by atoms with E-state index in [9.17, 15) is 0 Å². The smallest absolute Gasteiger partial charge is 0.0993 e. The van der Waals surface area contributed by atoms with Crippen molar-refractivity contribution < 1.29 is 6.16 Å². The van der Waals surface area contributed by atoms with Crippen molar-refractivity contribution in [1.82, 2.24) is 5.32 Å². The molecule has 0 amide bonds. The quantitative estimate of drug-likeness (QED) is 0.751. The van der Waals surface area contributed by atoms with Crippen molar-refractivity contribution in [2.24, 2.45) is 0 Å². The Morgan fingerprint density at radius 1 is 1.53 bits per heavy atom. The van der Waals surface area contributed by atoms with E-state index in [-0.39, 0.29) is 1.43 Å². The standard InChI is InChI=1S/C13H21NO.H2/c1-11(2)14-10-9-12-5-4-6-13(15-3)8-7-12;/h4-7,11,14H,8-10H2,1-3H3;1H. The van der Waals surface area contributed by atoms with E-state index in [1.807, 2.05) is 6.08 Å². The zero-order valence-corrected chi connectivity index (χ0v) is 9.92. The van der Waals surface area contributed by atoms with Gasteiger partial charge in [0.1, 0.15) is 0 Å². The molecule has 0 aromatic heterocycles. The minimum absolute atomic E-state index is 0. The van der Waals surface area contributed by atoms with Crippen molar-refractivity contribution in [3.05, 3.63) is 35.6 Å². The second-order valence-electron chi connectivity index (χ2n) is 4.04. The number of rotatable bonds is 5. The van der Waals surface area contributed by atoms with Crippen molar-refractivity contribution >= 4 is 0 Å². The monoisotopic (exact) mass is 209 g/mol. The van der Waals surface area contributed by atoms with Gasteiger partial charge in [0.2, 0.25) is 0 Å². The first-order valence-electron chi connectivity index (χ1n) is 5.56. The molecule has 0 spiro atoms. The van der Waals surface area contributed by atoms with Gasteiger partial charge in [0.25, 0.3) is 0 Å². The molecule has 1 N–H and O–H groups in total. The van der Waals surface area contributed by atoms with Crippen LogP contribution in [0.25, 0.3) is 0 Å². The van der Waals surface area contributed by atoms with Crippen LogP contribution in [0.4, 0.5) is 0 Å². The summed E-state index contributed by atoms with van der Waals surface area (Å²) < 4.78 is 5.21. The van der Waals surface area contributed by atoms with Crippen LogP contribution in [0.1, 0.15) is 28.1 Å². The number of ether oxygens (including phenoxy) is 1. The summed E-state index contributed by atoms with van der Waals surface area (Å²) in [6.45, 7) is 5.37. The second kappa shape index (κ2) is 6.46. The van der Waals surface area contributed by atoms with Gasteiger partial charge in [0.05, 0.1) is 12.9 Å². The molecule has 0 unspecified atom stereocenters. The van der Waals surface area contributed by atoms with Crippen molar-refractivity contribution in [2.75, 3.05) is 13.7 Å². The van der Waals surface area contributed by atoms with Gasteiger partial charge in [-0.1, -0.05) is 37.6 Å². The molecule has 1 aliphatic rings. The Morgan fingerprint density at radius 2 is 2.33 bits per heavy atom. The van der Waals surface area contributed by atoms with Crippen LogP contribution in [0.15, 0.2) is 35.6 Å². The molecule has 1 rings (SSSR count). The summed E-state index contributed by atoms with van der Waals surface area (Å²) in [5.74, 6) is 1.03. The van der Waals surface area contributed by atoms with E-state index in [1.54, 1.807) is 7.11 Å². The molecule has 0 heterocycles. The normalized spacial score (nSPS) is 16.0. The largest absolute Gasteiger partial charge is 0.501 e. The Hall–Kier alpha value is -1.02. The van der Waals surface area contributed by atoms with Crippen molar-refractivity contribution in [3.8, 4) is 0 Å². The molecule has 15 heavy (non-hydrogen) atoms. The minimum Gasteiger partial charge on any atom is -0.501 e. The number of hydrogen-bond donors (Lipinski definition) is 1. The van der Waals surface area contributed by atoms with Crippen LogP contribution in [-0.2, 0) is 4.74 Å². The van der Waals surface area contributed by atoms with Crippen molar-refractivity contribution in [3.63, 3.8) is 0 Å². The van der Waals surface area contributed by atoms with E-state index >= 15 is 0 Å². The SMILES string of the molecule is COC1=CC=CC(CCNC(C)C)=CC1.[HH]. The summed E-state index contributed by atoms with van der Waals surface area (Å²) in [7, 11) is 1.72. The van der Waals surface area contributed by atoms with Crippen LogP contribution in [0.2, 0.25) is 0 Å². The molecule has 1 aliphatic carbocycles. The molecule has 0 aromatic rings. The first-order chi connectivity index (χ1) is 7.22. The van der Waals surface area contributed by atoms with E-state index in [0.29, 0.717) is 6.04 Å². The average molecular weight is 209 g/mol. The number of nitrogens with one attached hydrogen (secondary N) is 1. The summed E-state index contributed by atoms with van der Waals surface area (Å²) in [4.78, 5) is 0. The maximum absolute atomic E-state index is 5.21. The highest BCUT2D eigenvalue weighted by atomic mass is 16.5. The molecule has 0 atom stereocenters. The summed E-state index contributed by atoms with van der Waals surface area (Å²) in [5.41, 5.74) is 1.38. The third kappa shape index (κ3) is 4.84. The first kappa shape index (κ1) is 12.1. The summed E-state index contributed by atoms with van der Waals surface area (Å²) in [6.07, 6.45) is 10.5. The molecule has 0 saturated carbocycles. The molecule has 0 radical (unpaired) electrons. The van der Waals surface area contributed by atoms with E-state index in [2.05, 4.69) is 37.4 Å². The molecule has 86 valence electrons. The predicted molar refractivity (Wildman–Crippen MR) is 66.8 cm³/mol. The van der Waals surface area contributed by atoms with Crippen LogP contribution in [-0.4, -0.2) is 19.7 Å². The van der Waals surface area contributed by atoms with Crippen molar-refractivity contribution in [1.29, 1.82) is 0 Å². The van der Waals surface area contributed by atoms with E-state index in [4.69, 9.17) is 4.74 Å². The lowest BCUT2D eigenvalue weighted by atomic mass is 10.1. The average Bonchev–Trinajstić information content (AvgIpc) is 2.42. The zero-order valence-electron chi connectivity index (χ0n) is 9.92. The fourth-order valence-corrected chi connectivity index (χ4v) is 1.49. The van der Waals surface area contributed by atoms with E-state index < -0.39 is 0 Å². The van der Waals surface area contributed by atoms with Crippen molar-refractivity contribution in [2.45, 2.75) is 32.7 Å². The lowest BCUT2D eigenvalue weighted by Crippen LogP contribution is -2.23. The van der Waals surface area contributed by atoms with E-state index in [0.717, 1.165) is 25.1 Å². The van der Waals surface area contributed by atoms with Gasteiger partial charge in [0, 0.05) is 13.9 Å². The Bertz CT molecular complexity index is 280. The molecule has 2 nitrogen and oxygen atoms in total. The van der Waals surface area contributed by atoms with Crippen LogP contribution in [0.3, 0.4) is 0 Å². The van der Waals surface area contributed by atoms with Crippen LogP contribution >= 0.6 is 0 Å². The van der Waals surface area contributed by atoms with Gasteiger partial charge in [-0.2, -0.15) is 0 Å². The van der Waals surface area contributed by atoms with Gasteiger partial charge in [0.15, 0.2) is 0 Å². The third-order valence-corrected chi connectivity index (χ3v) is 2.39. The zero-order chi connectivity index (χ0) is 11.1. The Morgan fingerprint density at radius 3 is 3.00 bits per heavy atom. The minimum atomic E-state index is 0. The lowest BCUT2D eigenvalue weighted by molar-refractivity contribution is 0.285. The van der Waals surface area contributed by atoms with Crippen LogP contribution in [0, 0.1) is 0 Å². The van der Waals surface area contributed by atoms with Gasteiger partial charge in [-0.05, 0) is 19.0 Å². The van der Waals surface area contributed by atoms with E-state index in [1.165, 1.54) is 5.57 Å². The molecule has 2 heteroatoms. The molecular weight excluding hydrogens is 186 g/mol. The predicted octanol–water partition coefficient (Wildman–Crippen LogP) is 3.04. The molecular formula is C13H23NO. The number of hydrogen-bond acceptors (Lipinski definition) is 2. The Kier molecular flexibility index (Phi) is 5.19. The fourth-order valence-electron chi connectivity index (χ4n) is 1.49. The highest BCUT2D eigenvalue weighted by Crippen LogP contribution is 2.14. The summed E-state index contributed by atoms with van der Waals surface area (Å²) in [5, 5.41) is 3.42. The maximum atomic E-state index is 5.21. The van der Waals surface area contributed by atoms with Gasteiger partial charge in [-0.25, -0.2) is 0 Å². The van der Waals surface area contributed by atoms with Gasteiger partial charge in [-0.3, -0.25) is 0 Å². The fraction of sp³-hybridized carbons (Fsp3) is 0.538. The summed E-state index contributed by atoms with van der Waals surface area (Å²) in [6, 6.07) is 0.563. The third-order valence-electron chi connectivity index (χ3n) is 2.39. The first-order valence-corrected chi connectivity index (χ1v) is 5.56.